The zero-order chi connectivity index (χ0) is 28.1. The van der Waals surface area contributed by atoms with Crippen LogP contribution in [0.3, 0.4) is 0 Å². The van der Waals surface area contributed by atoms with Gasteiger partial charge in [-0.1, -0.05) is 12.1 Å². The van der Waals surface area contributed by atoms with Crippen molar-refractivity contribution in [3.05, 3.63) is 29.8 Å². The summed E-state index contributed by atoms with van der Waals surface area (Å²) < 4.78 is 0. The average Bonchev–Trinajstić information content (AvgIpc) is 2.83. The second kappa shape index (κ2) is 15.0. The smallest absolute Gasteiger partial charge is 0.326 e. The third-order valence-corrected chi connectivity index (χ3v) is 5.09. The van der Waals surface area contributed by atoms with Gasteiger partial charge in [0.15, 0.2) is 0 Å². The number of aliphatic hydroxyl groups is 1. The molecule has 0 aliphatic carbocycles. The molecule has 204 valence electrons. The number of aliphatic carboxylic acids is 3. The number of rotatable bonds is 16. The Morgan fingerprint density at radius 3 is 1.73 bits per heavy atom. The van der Waals surface area contributed by atoms with E-state index in [1.165, 1.54) is 24.3 Å². The molecule has 1 rings (SSSR count). The van der Waals surface area contributed by atoms with Gasteiger partial charge in [0.25, 0.3) is 0 Å². The number of phenolic OH excluding ortho intramolecular Hbond substituents is 1. The van der Waals surface area contributed by atoms with Gasteiger partial charge < -0.3 is 47.2 Å². The van der Waals surface area contributed by atoms with Crippen molar-refractivity contribution in [2.45, 2.75) is 56.3 Å². The van der Waals surface area contributed by atoms with Crippen molar-refractivity contribution in [2.75, 3.05) is 6.61 Å². The molecule has 0 saturated heterocycles. The molecule has 4 atom stereocenters. The lowest BCUT2D eigenvalue weighted by molar-refractivity contribution is -0.142. The van der Waals surface area contributed by atoms with E-state index in [0.29, 0.717) is 5.56 Å². The summed E-state index contributed by atoms with van der Waals surface area (Å²) in [7, 11) is 0. The maximum atomic E-state index is 12.7. The predicted octanol–water partition coefficient (Wildman–Crippen LogP) is -2.48. The molecule has 1 aromatic carbocycles. The van der Waals surface area contributed by atoms with E-state index in [1.807, 2.05) is 0 Å². The van der Waals surface area contributed by atoms with Crippen LogP contribution in [0.15, 0.2) is 24.3 Å². The maximum absolute atomic E-state index is 12.7. The van der Waals surface area contributed by atoms with E-state index in [4.69, 9.17) is 15.9 Å². The quantitative estimate of drug-likeness (QED) is 0.108. The molecule has 0 spiro atoms. The minimum absolute atomic E-state index is 0.0462. The number of aromatic hydroxyl groups is 1. The molecular weight excluding hydrogens is 496 g/mol. The monoisotopic (exact) mass is 526 g/mol. The van der Waals surface area contributed by atoms with Gasteiger partial charge in [0, 0.05) is 19.3 Å². The highest BCUT2D eigenvalue weighted by Gasteiger charge is 2.30. The summed E-state index contributed by atoms with van der Waals surface area (Å²) in [6.07, 6.45) is -1.85. The number of carbonyl (C=O) groups is 6. The Morgan fingerprint density at radius 2 is 1.22 bits per heavy atom. The second-order valence-corrected chi connectivity index (χ2v) is 8.05. The summed E-state index contributed by atoms with van der Waals surface area (Å²) in [5.41, 5.74) is 6.07. The fourth-order valence-corrected chi connectivity index (χ4v) is 3.03. The Hall–Kier alpha value is -4.24. The average molecular weight is 526 g/mol. The van der Waals surface area contributed by atoms with Gasteiger partial charge >= 0.3 is 17.9 Å². The first kappa shape index (κ1) is 30.8. The molecule has 0 radical (unpaired) electrons. The van der Waals surface area contributed by atoms with Gasteiger partial charge in [0.05, 0.1) is 12.6 Å². The molecule has 1 aromatic rings. The van der Waals surface area contributed by atoms with Crippen molar-refractivity contribution >= 4 is 35.6 Å². The van der Waals surface area contributed by atoms with E-state index >= 15 is 0 Å². The summed E-state index contributed by atoms with van der Waals surface area (Å²) in [5, 5.41) is 52.5. The van der Waals surface area contributed by atoms with Crippen molar-refractivity contribution in [1.29, 1.82) is 0 Å². The predicted molar refractivity (Wildman–Crippen MR) is 124 cm³/mol. The molecule has 37 heavy (non-hydrogen) atoms. The van der Waals surface area contributed by atoms with Crippen LogP contribution in [0.25, 0.3) is 0 Å². The van der Waals surface area contributed by atoms with Crippen LogP contribution in [0, 0.1) is 0 Å². The molecule has 0 saturated carbocycles. The molecule has 15 nitrogen and oxygen atoms in total. The summed E-state index contributed by atoms with van der Waals surface area (Å²) in [5.74, 6) is -7.01. The zero-order valence-electron chi connectivity index (χ0n) is 19.6. The molecule has 10 N–H and O–H groups in total. The third kappa shape index (κ3) is 11.4. The van der Waals surface area contributed by atoms with E-state index in [1.54, 1.807) is 0 Å². The van der Waals surface area contributed by atoms with Gasteiger partial charge in [0.1, 0.15) is 23.9 Å². The van der Waals surface area contributed by atoms with Crippen LogP contribution in [-0.2, 0) is 35.2 Å². The number of carboxylic acid groups (broad SMARTS) is 3. The van der Waals surface area contributed by atoms with Crippen molar-refractivity contribution in [1.82, 2.24) is 16.0 Å². The Bertz CT molecular complexity index is 983. The molecule has 0 fully saturated rings. The van der Waals surface area contributed by atoms with E-state index in [2.05, 4.69) is 16.0 Å². The number of hydrogen-bond acceptors (Lipinski definition) is 9. The van der Waals surface area contributed by atoms with Gasteiger partial charge in [-0.15, -0.1) is 0 Å². The molecule has 0 heterocycles. The fourth-order valence-electron chi connectivity index (χ4n) is 3.03. The number of carbonyl (C=O) groups excluding carboxylic acids is 3. The van der Waals surface area contributed by atoms with Gasteiger partial charge in [-0.3, -0.25) is 24.0 Å². The highest BCUT2D eigenvalue weighted by atomic mass is 16.4. The minimum Gasteiger partial charge on any atom is -0.508 e. The number of nitrogens with two attached hydrogens (primary N) is 1. The van der Waals surface area contributed by atoms with Crippen LogP contribution >= 0.6 is 0 Å². The van der Waals surface area contributed by atoms with Crippen molar-refractivity contribution in [2.24, 2.45) is 5.73 Å². The Morgan fingerprint density at radius 1 is 0.730 bits per heavy atom. The first-order valence-electron chi connectivity index (χ1n) is 11.1. The van der Waals surface area contributed by atoms with Gasteiger partial charge in [-0.2, -0.15) is 0 Å². The van der Waals surface area contributed by atoms with Gasteiger partial charge in [0.2, 0.25) is 17.7 Å². The molecule has 0 aliphatic rings. The van der Waals surface area contributed by atoms with E-state index < -0.39 is 85.7 Å². The largest absolute Gasteiger partial charge is 0.508 e. The SMILES string of the molecule is NC(CCC(=O)O)C(=O)NC(CCC(=O)O)C(=O)NC(CO)C(=O)NC(Cc1ccc(O)cc1)C(=O)O. The first-order valence-corrected chi connectivity index (χ1v) is 11.1. The lowest BCUT2D eigenvalue weighted by Gasteiger charge is -2.24. The minimum atomic E-state index is -1.65. The molecule has 15 heteroatoms. The lowest BCUT2D eigenvalue weighted by atomic mass is 10.0. The van der Waals surface area contributed by atoms with Crippen molar-refractivity contribution in [3.63, 3.8) is 0 Å². The number of amides is 3. The van der Waals surface area contributed by atoms with Gasteiger partial charge in [-0.05, 0) is 30.5 Å². The highest BCUT2D eigenvalue weighted by Crippen LogP contribution is 2.11. The Balaban J connectivity index is 2.89. The molecule has 0 aromatic heterocycles. The van der Waals surface area contributed by atoms with E-state index in [9.17, 15) is 44.1 Å². The standard InChI is InChI=1S/C22H30N4O11/c23-13(5-7-17(29)30)19(33)24-14(6-8-18(31)32)20(34)26-16(10-27)21(35)25-15(22(36)37)9-11-1-3-12(28)4-2-11/h1-4,13-16,27-28H,5-10,23H2,(H,24,33)(H,25,35)(H,26,34)(H,29,30)(H,31,32)(H,36,37). The van der Waals surface area contributed by atoms with Gasteiger partial charge in [-0.25, -0.2) is 4.79 Å². The summed E-state index contributed by atoms with van der Waals surface area (Å²) in [6.45, 7) is -0.957. The first-order chi connectivity index (χ1) is 17.3. The molecule has 3 amide bonds. The molecular formula is C22H30N4O11. The summed E-state index contributed by atoms with van der Waals surface area (Å²) in [4.78, 5) is 70.8. The zero-order valence-corrected chi connectivity index (χ0v) is 19.6. The fraction of sp³-hybridized carbons (Fsp3) is 0.455. The highest BCUT2D eigenvalue weighted by molar-refractivity contribution is 5.94. The van der Waals surface area contributed by atoms with E-state index in [0.717, 1.165) is 0 Å². The van der Waals surface area contributed by atoms with Crippen LogP contribution in [0.5, 0.6) is 5.75 Å². The number of aliphatic hydroxyl groups excluding tert-OH is 1. The Kier molecular flexibility index (Phi) is 12.5. The molecule has 0 aliphatic heterocycles. The topological polar surface area (TPSA) is 266 Å². The van der Waals surface area contributed by atoms with Crippen LogP contribution in [0.4, 0.5) is 0 Å². The van der Waals surface area contributed by atoms with E-state index in [-0.39, 0.29) is 18.6 Å². The maximum Gasteiger partial charge on any atom is 0.326 e. The van der Waals surface area contributed by atoms with Crippen LogP contribution in [0.1, 0.15) is 31.2 Å². The normalized spacial score (nSPS) is 13.9. The van der Waals surface area contributed by atoms with Crippen LogP contribution < -0.4 is 21.7 Å². The second-order valence-electron chi connectivity index (χ2n) is 8.05. The molecule has 4 unspecified atom stereocenters. The van der Waals surface area contributed by atoms with Crippen molar-refractivity contribution in [3.8, 4) is 5.75 Å². The number of nitrogens with one attached hydrogen (secondary N) is 3. The summed E-state index contributed by atoms with van der Waals surface area (Å²) in [6, 6.07) is -0.397. The number of hydrogen-bond donors (Lipinski definition) is 9. The lowest BCUT2D eigenvalue weighted by Crippen LogP contribution is -2.58. The third-order valence-electron chi connectivity index (χ3n) is 5.09. The van der Waals surface area contributed by atoms with Crippen LogP contribution in [0.2, 0.25) is 0 Å². The number of phenols is 1. The molecule has 0 bridgehead atoms. The van der Waals surface area contributed by atoms with Crippen molar-refractivity contribution < 1.29 is 54.3 Å². The summed E-state index contributed by atoms with van der Waals surface area (Å²) >= 11 is 0. The Labute approximate surface area is 210 Å². The number of carboxylic acids is 3. The van der Waals surface area contributed by atoms with Crippen LogP contribution in [-0.4, -0.2) is 91.9 Å². The number of benzene rings is 1.